The number of likely N-dealkylation sites (N-methyl/N-ethyl adjacent to an activating group) is 1. The zero-order valence-electron chi connectivity index (χ0n) is 12.3. The first-order valence-electron chi connectivity index (χ1n) is 7.62. The lowest BCUT2D eigenvalue weighted by atomic mass is 9.96. The first kappa shape index (κ1) is 14.5. The van der Waals surface area contributed by atoms with E-state index in [1.54, 1.807) is 0 Å². The summed E-state index contributed by atoms with van der Waals surface area (Å²) in [6.45, 7) is 3.56. The van der Waals surface area contributed by atoms with Crippen LogP contribution < -0.4 is 5.32 Å². The van der Waals surface area contributed by atoms with Crippen molar-refractivity contribution in [3.63, 3.8) is 0 Å². The van der Waals surface area contributed by atoms with Gasteiger partial charge in [-0.15, -0.1) is 0 Å². The molecule has 19 heavy (non-hydrogen) atoms. The van der Waals surface area contributed by atoms with Crippen LogP contribution in [0, 0.1) is 0 Å². The highest BCUT2D eigenvalue weighted by atomic mass is 16.5. The summed E-state index contributed by atoms with van der Waals surface area (Å²) in [7, 11) is 1.99. The van der Waals surface area contributed by atoms with E-state index in [1.807, 2.05) is 14.0 Å². The van der Waals surface area contributed by atoms with Crippen LogP contribution in [0.3, 0.4) is 0 Å². The molecule has 4 heteroatoms. The molecule has 0 radical (unpaired) electrons. The Morgan fingerprint density at radius 2 is 2.21 bits per heavy atom. The third-order valence-electron chi connectivity index (χ3n) is 4.00. The Bertz CT molecular complexity index is 358. The van der Waals surface area contributed by atoms with E-state index in [1.165, 1.54) is 37.8 Å². The third-order valence-corrected chi connectivity index (χ3v) is 4.00. The second-order valence-electron chi connectivity index (χ2n) is 5.43. The maximum atomic E-state index is 5.48. The van der Waals surface area contributed by atoms with Gasteiger partial charge in [-0.2, -0.15) is 5.10 Å². The van der Waals surface area contributed by atoms with Crippen LogP contribution in [0.5, 0.6) is 0 Å². The molecule has 0 bridgehead atoms. The Balaban J connectivity index is 1.88. The molecule has 2 rings (SSSR count). The van der Waals surface area contributed by atoms with Crippen LogP contribution in [0.2, 0.25) is 0 Å². The summed E-state index contributed by atoms with van der Waals surface area (Å²) < 4.78 is 7.67. The molecular formula is C15H27N3O. The van der Waals surface area contributed by atoms with Gasteiger partial charge in [0.2, 0.25) is 0 Å². The molecule has 1 unspecified atom stereocenters. The average Bonchev–Trinajstić information content (AvgIpc) is 2.93. The van der Waals surface area contributed by atoms with Crippen LogP contribution in [0.15, 0.2) is 12.3 Å². The molecule has 1 aromatic rings. The van der Waals surface area contributed by atoms with Crippen molar-refractivity contribution < 1.29 is 4.74 Å². The summed E-state index contributed by atoms with van der Waals surface area (Å²) in [5.41, 5.74) is 1.17. The lowest BCUT2D eigenvalue weighted by Crippen LogP contribution is -2.32. The third kappa shape index (κ3) is 4.32. The molecule has 108 valence electrons. The van der Waals surface area contributed by atoms with Gasteiger partial charge in [-0.3, -0.25) is 4.68 Å². The van der Waals surface area contributed by atoms with Crippen LogP contribution in [0.1, 0.15) is 50.8 Å². The highest BCUT2D eigenvalue weighted by Gasteiger charge is 2.17. The largest absolute Gasteiger partial charge is 0.380 e. The summed E-state index contributed by atoms with van der Waals surface area (Å²) >= 11 is 0. The predicted molar refractivity (Wildman–Crippen MR) is 77.4 cm³/mol. The second kappa shape index (κ2) is 7.65. The molecule has 1 N–H and O–H groups in total. The highest BCUT2D eigenvalue weighted by molar-refractivity contribution is 5.02. The van der Waals surface area contributed by atoms with Gasteiger partial charge >= 0.3 is 0 Å². The minimum Gasteiger partial charge on any atom is -0.380 e. The zero-order valence-corrected chi connectivity index (χ0v) is 12.3. The van der Waals surface area contributed by atoms with Crippen molar-refractivity contribution in [3.05, 3.63) is 18.0 Å². The van der Waals surface area contributed by atoms with E-state index in [0.717, 1.165) is 19.6 Å². The molecule has 1 fully saturated rings. The Hall–Kier alpha value is -0.870. The van der Waals surface area contributed by atoms with E-state index in [2.05, 4.69) is 22.3 Å². The molecule has 0 aliphatic heterocycles. The molecule has 1 aliphatic carbocycles. The van der Waals surface area contributed by atoms with E-state index in [0.29, 0.717) is 12.1 Å². The lowest BCUT2D eigenvalue weighted by molar-refractivity contribution is 0.124. The van der Waals surface area contributed by atoms with Crippen molar-refractivity contribution >= 4 is 0 Å². The standard InChI is InChI=1S/C15H27N3O/c1-3-19-12-14(16-2)11-13-9-10-18(17-13)15-7-5-4-6-8-15/h9-10,14-16H,3-8,11-12H2,1-2H3. The molecular weight excluding hydrogens is 238 g/mol. The Kier molecular flexibility index (Phi) is 5.86. The van der Waals surface area contributed by atoms with Gasteiger partial charge in [-0.1, -0.05) is 19.3 Å². The minimum atomic E-state index is 0.356. The number of nitrogens with zero attached hydrogens (tertiary/aromatic N) is 2. The summed E-state index contributed by atoms with van der Waals surface area (Å²) in [5, 5.41) is 8.05. The number of ether oxygens (including phenoxy) is 1. The quantitative estimate of drug-likeness (QED) is 0.823. The number of aromatic nitrogens is 2. The maximum absolute atomic E-state index is 5.48. The molecule has 1 aliphatic rings. The van der Waals surface area contributed by atoms with Gasteiger partial charge < -0.3 is 10.1 Å². The molecule has 0 saturated heterocycles. The van der Waals surface area contributed by atoms with Gasteiger partial charge in [0.1, 0.15) is 0 Å². The van der Waals surface area contributed by atoms with Crippen LogP contribution in [0.25, 0.3) is 0 Å². The van der Waals surface area contributed by atoms with Gasteiger partial charge in [-0.25, -0.2) is 0 Å². The normalized spacial score (nSPS) is 18.6. The molecule has 0 aromatic carbocycles. The number of rotatable bonds is 7. The van der Waals surface area contributed by atoms with Crippen molar-refractivity contribution in [1.29, 1.82) is 0 Å². The fraction of sp³-hybridized carbons (Fsp3) is 0.800. The topological polar surface area (TPSA) is 39.1 Å². The summed E-state index contributed by atoms with van der Waals surface area (Å²) in [5.74, 6) is 0. The van der Waals surface area contributed by atoms with Crippen molar-refractivity contribution in [2.75, 3.05) is 20.3 Å². The van der Waals surface area contributed by atoms with E-state index < -0.39 is 0 Å². The molecule has 1 atom stereocenters. The zero-order chi connectivity index (χ0) is 13.5. The number of hydrogen-bond donors (Lipinski definition) is 1. The van der Waals surface area contributed by atoms with Crippen molar-refractivity contribution in [1.82, 2.24) is 15.1 Å². The van der Waals surface area contributed by atoms with E-state index in [4.69, 9.17) is 9.84 Å². The van der Waals surface area contributed by atoms with Crippen LogP contribution in [0.4, 0.5) is 0 Å². The summed E-state index contributed by atoms with van der Waals surface area (Å²) in [6.07, 6.45) is 9.76. The van der Waals surface area contributed by atoms with Gasteiger partial charge in [0.15, 0.2) is 0 Å². The fourth-order valence-corrected chi connectivity index (χ4v) is 2.79. The molecule has 1 heterocycles. The smallest absolute Gasteiger partial charge is 0.0641 e. The Morgan fingerprint density at radius 1 is 1.42 bits per heavy atom. The van der Waals surface area contributed by atoms with Crippen LogP contribution in [-0.2, 0) is 11.2 Å². The average molecular weight is 265 g/mol. The number of nitrogens with one attached hydrogen (secondary N) is 1. The second-order valence-corrected chi connectivity index (χ2v) is 5.43. The Morgan fingerprint density at radius 3 is 2.89 bits per heavy atom. The minimum absolute atomic E-state index is 0.356. The van der Waals surface area contributed by atoms with Crippen LogP contribution >= 0.6 is 0 Å². The van der Waals surface area contributed by atoms with Crippen molar-refractivity contribution in [3.8, 4) is 0 Å². The molecule has 4 nitrogen and oxygen atoms in total. The lowest BCUT2D eigenvalue weighted by Gasteiger charge is -2.22. The van der Waals surface area contributed by atoms with Gasteiger partial charge in [-0.05, 0) is 32.9 Å². The molecule has 0 amide bonds. The van der Waals surface area contributed by atoms with Crippen LogP contribution in [-0.4, -0.2) is 36.1 Å². The first-order valence-corrected chi connectivity index (χ1v) is 7.62. The summed E-state index contributed by atoms with van der Waals surface area (Å²) in [6, 6.07) is 3.14. The highest BCUT2D eigenvalue weighted by Crippen LogP contribution is 2.27. The fourth-order valence-electron chi connectivity index (χ4n) is 2.79. The Labute approximate surface area is 116 Å². The van der Waals surface area contributed by atoms with Gasteiger partial charge in [0, 0.05) is 25.3 Å². The monoisotopic (exact) mass is 265 g/mol. The molecule has 0 spiro atoms. The van der Waals surface area contributed by atoms with Gasteiger partial charge in [0.05, 0.1) is 18.3 Å². The van der Waals surface area contributed by atoms with E-state index in [-0.39, 0.29) is 0 Å². The van der Waals surface area contributed by atoms with E-state index >= 15 is 0 Å². The predicted octanol–water partition coefficient (Wildman–Crippen LogP) is 2.56. The van der Waals surface area contributed by atoms with Gasteiger partial charge in [0.25, 0.3) is 0 Å². The molecule has 1 aromatic heterocycles. The summed E-state index contributed by atoms with van der Waals surface area (Å²) in [4.78, 5) is 0. The van der Waals surface area contributed by atoms with Crippen molar-refractivity contribution in [2.45, 2.75) is 57.5 Å². The van der Waals surface area contributed by atoms with Crippen molar-refractivity contribution in [2.24, 2.45) is 0 Å². The maximum Gasteiger partial charge on any atom is 0.0641 e. The number of hydrogen-bond acceptors (Lipinski definition) is 3. The van der Waals surface area contributed by atoms with E-state index in [9.17, 15) is 0 Å². The SMILES string of the molecule is CCOCC(Cc1ccn(C2CCCCC2)n1)NC. The first-order chi connectivity index (χ1) is 9.33. The molecule has 1 saturated carbocycles.